The van der Waals surface area contributed by atoms with Crippen LogP contribution >= 0.6 is 0 Å². The van der Waals surface area contributed by atoms with Gasteiger partial charge < -0.3 is 20.1 Å². The smallest absolute Gasteiger partial charge is 0.387 e. The predicted octanol–water partition coefficient (Wildman–Crippen LogP) is 3.06. The molecule has 0 saturated carbocycles. The van der Waals surface area contributed by atoms with Crippen molar-refractivity contribution in [3.05, 3.63) is 54.1 Å². The third kappa shape index (κ3) is 5.73. The highest BCUT2D eigenvalue weighted by Crippen LogP contribution is 2.31. The summed E-state index contributed by atoms with van der Waals surface area (Å²) in [5.41, 5.74) is 0.776. The number of amides is 2. The minimum atomic E-state index is -3.01. The molecule has 0 fully saturated rings. The summed E-state index contributed by atoms with van der Waals surface area (Å²) in [5.74, 6) is -0.724. The van der Waals surface area contributed by atoms with Gasteiger partial charge in [-0.3, -0.25) is 9.59 Å². The molecule has 0 radical (unpaired) electrons. The van der Waals surface area contributed by atoms with Crippen LogP contribution in [0.3, 0.4) is 0 Å². The summed E-state index contributed by atoms with van der Waals surface area (Å²) in [7, 11) is 1.32. The molecular formula is C18H18F2N2O4. The van der Waals surface area contributed by atoms with Crippen molar-refractivity contribution in [1.82, 2.24) is 5.32 Å². The van der Waals surface area contributed by atoms with Gasteiger partial charge in [0.1, 0.15) is 0 Å². The Balaban J connectivity index is 1.86. The minimum Gasteiger partial charge on any atom is -0.493 e. The third-order valence-corrected chi connectivity index (χ3v) is 3.34. The van der Waals surface area contributed by atoms with Gasteiger partial charge in [0.25, 0.3) is 5.91 Å². The molecule has 2 aromatic carbocycles. The number of anilines is 1. The van der Waals surface area contributed by atoms with Gasteiger partial charge in [-0.05, 0) is 24.3 Å². The van der Waals surface area contributed by atoms with Gasteiger partial charge in [-0.1, -0.05) is 18.2 Å². The summed E-state index contributed by atoms with van der Waals surface area (Å²) in [6.45, 7) is -2.88. The van der Waals surface area contributed by atoms with Crippen LogP contribution in [0.5, 0.6) is 11.5 Å². The van der Waals surface area contributed by atoms with E-state index in [-0.39, 0.29) is 42.0 Å². The average molecular weight is 364 g/mol. The Morgan fingerprint density at radius 1 is 1.08 bits per heavy atom. The number of nitrogens with one attached hydrogen (secondary N) is 2. The van der Waals surface area contributed by atoms with Crippen molar-refractivity contribution >= 4 is 17.5 Å². The largest absolute Gasteiger partial charge is 0.493 e. The molecule has 138 valence electrons. The molecule has 0 spiro atoms. The van der Waals surface area contributed by atoms with Crippen molar-refractivity contribution in [2.45, 2.75) is 13.0 Å². The molecule has 0 saturated heterocycles. The Kier molecular flexibility index (Phi) is 6.90. The number of carbonyl (C=O) groups is 2. The molecule has 2 amide bonds. The van der Waals surface area contributed by atoms with Crippen molar-refractivity contribution in [2.75, 3.05) is 19.0 Å². The SMILES string of the molecule is COc1ccc(NC(=O)CCNC(=O)c2ccccc2)cc1OC(F)F. The number of alkyl halides is 2. The van der Waals surface area contributed by atoms with Crippen LogP contribution in [-0.2, 0) is 4.79 Å². The quantitative estimate of drug-likeness (QED) is 0.755. The highest BCUT2D eigenvalue weighted by atomic mass is 19.3. The maximum Gasteiger partial charge on any atom is 0.387 e. The molecular weight excluding hydrogens is 346 g/mol. The summed E-state index contributed by atoms with van der Waals surface area (Å²) in [6, 6.07) is 12.8. The molecule has 8 heteroatoms. The first-order chi connectivity index (χ1) is 12.5. The maximum atomic E-state index is 12.4. The van der Waals surface area contributed by atoms with E-state index in [0.29, 0.717) is 5.56 Å². The number of hydrogen-bond acceptors (Lipinski definition) is 4. The van der Waals surface area contributed by atoms with Crippen molar-refractivity contribution in [3.8, 4) is 11.5 Å². The maximum absolute atomic E-state index is 12.4. The van der Waals surface area contributed by atoms with Crippen LogP contribution in [-0.4, -0.2) is 32.1 Å². The van der Waals surface area contributed by atoms with E-state index in [1.165, 1.54) is 25.3 Å². The van der Waals surface area contributed by atoms with E-state index in [4.69, 9.17) is 4.74 Å². The van der Waals surface area contributed by atoms with E-state index in [1.54, 1.807) is 30.3 Å². The summed E-state index contributed by atoms with van der Waals surface area (Å²) >= 11 is 0. The number of ether oxygens (including phenoxy) is 2. The first-order valence-electron chi connectivity index (χ1n) is 7.75. The number of methoxy groups -OCH3 is 1. The summed E-state index contributed by atoms with van der Waals surface area (Å²) in [6.07, 6.45) is 0.0235. The van der Waals surface area contributed by atoms with Crippen LogP contribution in [0.25, 0.3) is 0 Å². The molecule has 2 aromatic rings. The lowest BCUT2D eigenvalue weighted by Gasteiger charge is -2.12. The standard InChI is InChI=1S/C18H18F2N2O4/c1-25-14-8-7-13(11-15(14)26-18(19)20)22-16(23)9-10-21-17(24)12-5-3-2-4-6-12/h2-8,11,18H,9-10H2,1H3,(H,21,24)(H,22,23). The van der Waals surface area contributed by atoms with Crippen LogP contribution in [0.4, 0.5) is 14.5 Å². The van der Waals surface area contributed by atoms with E-state index in [9.17, 15) is 18.4 Å². The minimum absolute atomic E-state index is 0.0235. The van der Waals surface area contributed by atoms with Gasteiger partial charge >= 0.3 is 6.61 Å². The van der Waals surface area contributed by atoms with Gasteiger partial charge in [0.15, 0.2) is 11.5 Å². The zero-order valence-electron chi connectivity index (χ0n) is 14.0. The molecule has 0 atom stereocenters. The number of benzene rings is 2. The van der Waals surface area contributed by atoms with E-state index < -0.39 is 6.61 Å². The van der Waals surface area contributed by atoms with Gasteiger partial charge in [0, 0.05) is 30.3 Å². The second-order valence-corrected chi connectivity index (χ2v) is 5.16. The second kappa shape index (κ2) is 9.36. The Labute approximate surface area is 149 Å². The topological polar surface area (TPSA) is 76.7 Å². The molecule has 2 rings (SSSR count). The molecule has 0 aliphatic heterocycles. The fraction of sp³-hybridized carbons (Fsp3) is 0.222. The molecule has 26 heavy (non-hydrogen) atoms. The predicted molar refractivity (Wildman–Crippen MR) is 91.6 cm³/mol. The van der Waals surface area contributed by atoms with Crippen molar-refractivity contribution in [1.29, 1.82) is 0 Å². The van der Waals surface area contributed by atoms with E-state index >= 15 is 0 Å². The van der Waals surface area contributed by atoms with Gasteiger partial charge in [0.2, 0.25) is 5.91 Å². The van der Waals surface area contributed by atoms with Gasteiger partial charge in [-0.25, -0.2) is 0 Å². The fourth-order valence-electron chi connectivity index (χ4n) is 2.15. The van der Waals surface area contributed by atoms with Crippen molar-refractivity contribution in [2.24, 2.45) is 0 Å². The zero-order chi connectivity index (χ0) is 18.9. The van der Waals surface area contributed by atoms with Crippen molar-refractivity contribution < 1.29 is 27.8 Å². The van der Waals surface area contributed by atoms with Gasteiger partial charge in [0.05, 0.1) is 7.11 Å². The Bertz CT molecular complexity index is 754. The van der Waals surface area contributed by atoms with Crippen LogP contribution in [0.1, 0.15) is 16.8 Å². The first-order valence-corrected chi connectivity index (χ1v) is 7.75. The Morgan fingerprint density at radius 3 is 2.46 bits per heavy atom. The van der Waals surface area contributed by atoms with Gasteiger partial charge in [-0.2, -0.15) is 8.78 Å². The molecule has 0 bridgehead atoms. The zero-order valence-corrected chi connectivity index (χ0v) is 14.0. The average Bonchev–Trinajstić information content (AvgIpc) is 2.62. The van der Waals surface area contributed by atoms with E-state index in [0.717, 1.165) is 0 Å². The van der Waals surface area contributed by atoms with E-state index in [1.807, 2.05) is 0 Å². The number of halogens is 2. The summed E-state index contributed by atoms with van der Waals surface area (Å²) in [4.78, 5) is 23.8. The lowest BCUT2D eigenvalue weighted by Crippen LogP contribution is -2.27. The number of carbonyl (C=O) groups excluding carboxylic acids is 2. The Morgan fingerprint density at radius 2 is 1.81 bits per heavy atom. The van der Waals surface area contributed by atoms with E-state index in [2.05, 4.69) is 15.4 Å². The number of hydrogen-bond donors (Lipinski definition) is 2. The van der Waals surface area contributed by atoms with Crippen LogP contribution in [0, 0.1) is 0 Å². The summed E-state index contributed by atoms with van der Waals surface area (Å²) < 4.78 is 34.1. The number of rotatable bonds is 8. The molecule has 0 aliphatic carbocycles. The third-order valence-electron chi connectivity index (χ3n) is 3.34. The van der Waals surface area contributed by atoms with Crippen LogP contribution in [0.2, 0.25) is 0 Å². The monoisotopic (exact) mass is 364 g/mol. The molecule has 0 aliphatic rings. The van der Waals surface area contributed by atoms with Crippen molar-refractivity contribution in [3.63, 3.8) is 0 Å². The first kappa shape index (κ1) is 19.2. The Hall–Kier alpha value is -3.16. The van der Waals surface area contributed by atoms with Gasteiger partial charge in [-0.15, -0.1) is 0 Å². The highest BCUT2D eigenvalue weighted by Gasteiger charge is 2.13. The molecule has 2 N–H and O–H groups in total. The van der Waals surface area contributed by atoms with Crippen LogP contribution < -0.4 is 20.1 Å². The summed E-state index contributed by atoms with van der Waals surface area (Å²) in [5, 5.41) is 5.18. The lowest BCUT2D eigenvalue weighted by molar-refractivity contribution is -0.116. The van der Waals surface area contributed by atoms with Crippen LogP contribution in [0.15, 0.2) is 48.5 Å². The molecule has 6 nitrogen and oxygen atoms in total. The molecule has 0 unspecified atom stereocenters. The second-order valence-electron chi connectivity index (χ2n) is 5.16. The molecule has 0 aromatic heterocycles. The molecule has 0 heterocycles. The fourth-order valence-corrected chi connectivity index (χ4v) is 2.15. The lowest BCUT2D eigenvalue weighted by atomic mass is 10.2. The normalized spacial score (nSPS) is 10.3. The highest BCUT2D eigenvalue weighted by molar-refractivity contribution is 5.95.